The number of ether oxygens (including phenoxy) is 1. The lowest BCUT2D eigenvalue weighted by atomic mass is 9.81. The zero-order valence-corrected chi connectivity index (χ0v) is 11.1. The van der Waals surface area contributed by atoms with Gasteiger partial charge in [-0.25, -0.2) is 0 Å². The number of hydrogen-bond donors (Lipinski definition) is 1. The standard InChI is InChI=1S/C15H19NO3/c1-19-11-6-5-10-8-12(15(17)18)13-4-2-3-7-16(13)14(10)9-11/h5-6,9,12-13H,2-4,7-8H2,1H3,(H,17,18). The monoisotopic (exact) mass is 261 g/mol. The van der Waals surface area contributed by atoms with E-state index in [1.54, 1.807) is 7.11 Å². The van der Waals surface area contributed by atoms with E-state index in [2.05, 4.69) is 4.90 Å². The normalized spacial score (nSPS) is 25.4. The number of methoxy groups -OCH3 is 1. The average molecular weight is 261 g/mol. The van der Waals surface area contributed by atoms with Crippen molar-refractivity contribution in [1.82, 2.24) is 0 Å². The van der Waals surface area contributed by atoms with Gasteiger partial charge in [0.25, 0.3) is 0 Å². The molecule has 2 aliphatic heterocycles. The maximum absolute atomic E-state index is 11.5. The van der Waals surface area contributed by atoms with Crippen molar-refractivity contribution in [3.05, 3.63) is 23.8 Å². The smallest absolute Gasteiger partial charge is 0.308 e. The van der Waals surface area contributed by atoms with Gasteiger partial charge in [-0.2, -0.15) is 0 Å². The van der Waals surface area contributed by atoms with Crippen LogP contribution in [0.1, 0.15) is 24.8 Å². The Morgan fingerprint density at radius 1 is 1.42 bits per heavy atom. The van der Waals surface area contributed by atoms with Crippen LogP contribution in [0.5, 0.6) is 5.75 Å². The van der Waals surface area contributed by atoms with Crippen LogP contribution >= 0.6 is 0 Å². The molecule has 0 amide bonds. The molecule has 2 aliphatic rings. The molecule has 0 aromatic heterocycles. The summed E-state index contributed by atoms with van der Waals surface area (Å²) in [6, 6.07) is 6.12. The minimum atomic E-state index is -0.668. The Morgan fingerprint density at radius 2 is 2.26 bits per heavy atom. The van der Waals surface area contributed by atoms with Crippen molar-refractivity contribution in [2.75, 3.05) is 18.6 Å². The minimum Gasteiger partial charge on any atom is -0.497 e. The van der Waals surface area contributed by atoms with Gasteiger partial charge in [-0.05, 0) is 37.3 Å². The second kappa shape index (κ2) is 4.76. The van der Waals surface area contributed by atoms with Crippen molar-refractivity contribution in [1.29, 1.82) is 0 Å². The number of hydrogen-bond acceptors (Lipinski definition) is 3. The lowest BCUT2D eigenvalue weighted by Crippen LogP contribution is -2.50. The Bertz CT molecular complexity index is 500. The summed E-state index contributed by atoms with van der Waals surface area (Å²) >= 11 is 0. The highest BCUT2D eigenvalue weighted by molar-refractivity contribution is 5.75. The van der Waals surface area contributed by atoms with Gasteiger partial charge in [0, 0.05) is 24.3 Å². The molecule has 0 saturated carbocycles. The lowest BCUT2D eigenvalue weighted by Gasteiger charge is -2.45. The predicted molar refractivity (Wildman–Crippen MR) is 72.8 cm³/mol. The van der Waals surface area contributed by atoms with Crippen LogP contribution in [0.3, 0.4) is 0 Å². The van der Waals surface area contributed by atoms with Gasteiger partial charge in [0.05, 0.1) is 13.0 Å². The van der Waals surface area contributed by atoms with Gasteiger partial charge in [0.2, 0.25) is 0 Å². The molecule has 2 unspecified atom stereocenters. The molecule has 2 atom stereocenters. The molecular weight excluding hydrogens is 242 g/mol. The number of carbonyl (C=O) groups is 1. The van der Waals surface area contributed by atoms with Crippen LogP contribution in [0, 0.1) is 5.92 Å². The van der Waals surface area contributed by atoms with Gasteiger partial charge in [-0.15, -0.1) is 0 Å². The number of carboxylic acids is 1. The molecule has 19 heavy (non-hydrogen) atoms. The van der Waals surface area contributed by atoms with E-state index >= 15 is 0 Å². The first-order valence-corrected chi connectivity index (χ1v) is 6.87. The largest absolute Gasteiger partial charge is 0.497 e. The molecule has 1 fully saturated rings. The summed E-state index contributed by atoms with van der Waals surface area (Å²) < 4.78 is 5.29. The second-order valence-corrected chi connectivity index (χ2v) is 5.40. The Morgan fingerprint density at radius 3 is 3.00 bits per heavy atom. The van der Waals surface area contributed by atoms with Crippen molar-refractivity contribution in [3.63, 3.8) is 0 Å². The maximum atomic E-state index is 11.5. The van der Waals surface area contributed by atoms with E-state index < -0.39 is 5.97 Å². The Balaban J connectivity index is 2.03. The summed E-state index contributed by atoms with van der Waals surface area (Å²) in [7, 11) is 1.66. The van der Waals surface area contributed by atoms with Gasteiger partial charge >= 0.3 is 5.97 Å². The molecule has 0 radical (unpaired) electrons. The third kappa shape index (κ3) is 2.05. The van der Waals surface area contributed by atoms with E-state index in [1.165, 1.54) is 5.69 Å². The van der Waals surface area contributed by atoms with E-state index in [0.717, 1.165) is 37.1 Å². The maximum Gasteiger partial charge on any atom is 0.308 e. The van der Waals surface area contributed by atoms with Gasteiger partial charge in [-0.3, -0.25) is 4.79 Å². The number of nitrogens with zero attached hydrogens (tertiary/aromatic N) is 1. The van der Waals surface area contributed by atoms with Gasteiger partial charge in [-0.1, -0.05) is 6.07 Å². The van der Waals surface area contributed by atoms with Crippen molar-refractivity contribution < 1.29 is 14.6 Å². The number of benzene rings is 1. The third-order valence-electron chi connectivity index (χ3n) is 4.37. The molecule has 4 nitrogen and oxygen atoms in total. The lowest BCUT2D eigenvalue weighted by molar-refractivity contribution is -0.142. The summed E-state index contributed by atoms with van der Waals surface area (Å²) in [6.45, 7) is 0.953. The minimum absolute atomic E-state index is 0.144. The van der Waals surface area contributed by atoms with E-state index in [9.17, 15) is 9.90 Å². The quantitative estimate of drug-likeness (QED) is 0.887. The summed E-state index contributed by atoms with van der Waals surface area (Å²) in [5.41, 5.74) is 2.30. The van der Waals surface area contributed by atoms with Crippen LogP contribution in [0.25, 0.3) is 0 Å². The van der Waals surface area contributed by atoms with Crippen LogP contribution in [-0.4, -0.2) is 30.8 Å². The first-order chi connectivity index (χ1) is 9.20. The van der Waals surface area contributed by atoms with Crippen LogP contribution in [-0.2, 0) is 11.2 Å². The molecule has 1 saturated heterocycles. The fraction of sp³-hybridized carbons (Fsp3) is 0.533. The average Bonchev–Trinajstić information content (AvgIpc) is 2.45. The highest BCUT2D eigenvalue weighted by atomic mass is 16.5. The van der Waals surface area contributed by atoms with Crippen LogP contribution < -0.4 is 9.64 Å². The van der Waals surface area contributed by atoms with Crippen molar-refractivity contribution in [2.45, 2.75) is 31.7 Å². The highest BCUT2D eigenvalue weighted by Gasteiger charge is 2.39. The summed E-state index contributed by atoms with van der Waals surface area (Å²) in [5, 5.41) is 9.45. The topological polar surface area (TPSA) is 49.8 Å². The number of anilines is 1. The molecule has 4 heteroatoms. The van der Waals surface area contributed by atoms with Crippen LogP contribution in [0.15, 0.2) is 18.2 Å². The van der Waals surface area contributed by atoms with E-state index in [0.29, 0.717) is 6.42 Å². The molecule has 0 aliphatic carbocycles. The number of fused-ring (bicyclic) bond motifs is 3. The summed E-state index contributed by atoms with van der Waals surface area (Å²) in [5.74, 6) is -0.101. The molecule has 0 bridgehead atoms. The van der Waals surface area contributed by atoms with Crippen LogP contribution in [0.2, 0.25) is 0 Å². The Hall–Kier alpha value is -1.71. The summed E-state index contributed by atoms with van der Waals surface area (Å²) in [6.07, 6.45) is 3.88. The first kappa shape index (κ1) is 12.3. The van der Waals surface area contributed by atoms with Gasteiger partial charge in [0.15, 0.2) is 0 Å². The molecular formula is C15H19NO3. The van der Waals surface area contributed by atoms with Crippen LogP contribution in [0.4, 0.5) is 5.69 Å². The number of aliphatic carboxylic acids is 1. The molecule has 102 valence electrons. The van der Waals surface area contributed by atoms with E-state index in [4.69, 9.17) is 4.74 Å². The Kier molecular flexibility index (Phi) is 3.09. The molecule has 2 heterocycles. The van der Waals surface area contributed by atoms with E-state index in [1.807, 2.05) is 18.2 Å². The van der Waals surface area contributed by atoms with Crippen molar-refractivity contribution in [3.8, 4) is 5.75 Å². The second-order valence-electron chi connectivity index (χ2n) is 5.40. The fourth-order valence-corrected chi connectivity index (χ4v) is 3.41. The van der Waals surface area contributed by atoms with Crippen molar-refractivity contribution in [2.24, 2.45) is 5.92 Å². The molecule has 3 rings (SSSR count). The number of piperidine rings is 1. The molecule has 1 aromatic rings. The first-order valence-electron chi connectivity index (χ1n) is 6.87. The number of carboxylic acid groups (broad SMARTS) is 1. The SMILES string of the molecule is COc1ccc2c(c1)N1CCCCC1C(C(=O)O)C2. The Labute approximate surface area is 113 Å². The fourth-order valence-electron chi connectivity index (χ4n) is 3.41. The zero-order chi connectivity index (χ0) is 13.4. The van der Waals surface area contributed by atoms with Crippen molar-refractivity contribution >= 4 is 11.7 Å². The zero-order valence-electron chi connectivity index (χ0n) is 11.1. The van der Waals surface area contributed by atoms with Gasteiger partial charge in [0.1, 0.15) is 5.75 Å². The third-order valence-corrected chi connectivity index (χ3v) is 4.37. The molecule has 0 spiro atoms. The van der Waals surface area contributed by atoms with Gasteiger partial charge < -0.3 is 14.7 Å². The van der Waals surface area contributed by atoms with E-state index in [-0.39, 0.29) is 12.0 Å². The molecule has 1 N–H and O–H groups in total. The molecule has 1 aromatic carbocycles. The highest BCUT2D eigenvalue weighted by Crippen LogP contribution is 2.40. The summed E-state index contributed by atoms with van der Waals surface area (Å²) in [4.78, 5) is 13.8. The predicted octanol–water partition coefficient (Wildman–Crippen LogP) is 2.31. The number of rotatable bonds is 2.